The second kappa shape index (κ2) is 7.34. The van der Waals surface area contributed by atoms with Crippen LogP contribution < -0.4 is 0 Å². The Bertz CT molecular complexity index is 1220. The summed E-state index contributed by atoms with van der Waals surface area (Å²) in [5, 5.41) is 14.6. The van der Waals surface area contributed by atoms with Gasteiger partial charge in [0.05, 0.1) is 9.82 Å². The Morgan fingerprint density at radius 2 is 1.80 bits per heavy atom. The van der Waals surface area contributed by atoms with Gasteiger partial charge in [0.1, 0.15) is 6.04 Å². The van der Waals surface area contributed by atoms with E-state index in [4.69, 9.17) is 4.52 Å². The first-order valence-electron chi connectivity index (χ1n) is 9.00. The first kappa shape index (κ1) is 19.7. The van der Waals surface area contributed by atoms with Crippen LogP contribution in [0.1, 0.15) is 30.3 Å². The lowest BCUT2D eigenvalue weighted by atomic mass is 10.2. The topological polar surface area (TPSA) is 137 Å². The van der Waals surface area contributed by atoms with E-state index in [1.807, 2.05) is 6.92 Å². The molecule has 1 amide bonds. The number of carbonyl (C=O) groups is 1. The summed E-state index contributed by atoms with van der Waals surface area (Å²) in [6, 6.07) is 10.8. The van der Waals surface area contributed by atoms with E-state index in [9.17, 15) is 23.3 Å². The highest BCUT2D eigenvalue weighted by molar-refractivity contribution is 7.89. The standard InChI is InChI=1S/C19H16N4O6S/c1-12-2-8-15(9-3-12)30(27,28)22-16(10-11-17(22)24)19-20-18(21-29-19)13-4-6-14(7-5-13)23(25)26/h2-9,16H,10-11H2,1H3. The number of nitro groups is 1. The van der Waals surface area contributed by atoms with Gasteiger partial charge in [-0.05, 0) is 37.6 Å². The van der Waals surface area contributed by atoms with Crippen molar-refractivity contribution in [2.45, 2.75) is 30.7 Å². The van der Waals surface area contributed by atoms with Gasteiger partial charge in [-0.3, -0.25) is 14.9 Å². The summed E-state index contributed by atoms with van der Waals surface area (Å²) < 4.78 is 32.2. The minimum absolute atomic E-state index is 0.00320. The molecule has 1 saturated heterocycles. The number of nitro benzene ring substituents is 1. The zero-order chi connectivity index (χ0) is 21.5. The summed E-state index contributed by atoms with van der Waals surface area (Å²) in [5.41, 5.74) is 1.27. The predicted molar refractivity (Wildman–Crippen MR) is 104 cm³/mol. The van der Waals surface area contributed by atoms with E-state index >= 15 is 0 Å². The second-order valence-electron chi connectivity index (χ2n) is 6.82. The van der Waals surface area contributed by atoms with Gasteiger partial charge >= 0.3 is 0 Å². The Hall–Kier alpha value is -3.60. The molecule has 0 N–H and O–H groups in total. The van der Waals surface area contributed by atoms with Gasteiger partial charge in [0, 0.05) is 24.1 Å². The fraction of sp³-hybridized carbons (Fsp3) is 0.211. The molecule has 1 aromatic heterocycles. The average Bonchev–Trinajstić information content (AvgIpc) is 3.35. The van der Waals surface area contributed by atoms with Crippen LogP contribution in [0.5, 0.6) is 0 Å². The number of benzene rings is 2. The molecular weight excluding hydrogens is 412 g/mol. The maximum atomic E-state index is 13.1. The van der Waals surface area contributed by atoms with E-state index in [0.717, 1.165) is 9.87 Å². The molecule has 0 aliphatic carbocycles. The number of aryl methyl sites for hydroxylation is 1. The molecule has 10 nitrogen and oxygen atoms in total. The number of amides is 1. The highest BCUT2D eigenvalue weighted by Gasteiger charge is 2.44. The van der Waals surface area contributed by atoms with Crippen LogP contribution in [0.3, 0.4) is 0 Å². The zero-order valence-corrected chi connectivity index (χ0v) is 16.6. The molecule has 2 aromatic carbocycles. The third-order valence-electron chi connectivity index (χ3n) is 4.80. The SMILES string of the molecule is Cc1ccc(S(=O)(=O)N2C(=O)CCC2c2nc(-c3ccc([N+](=O)[O-])cc3)no2)cc1. The molecule has 1 aliphatic rings. The highest BCUT2D eigenvalue weighted by Crippen LogP contribution is 2.37. The van der Waals surface area contributed by atoms with Crippen LogP contribution in [0, 0.1) is 17.0 Å². The van der Waals surface area contributed by atoms with Crippen LogP contribution in [-0.4, -0.2) is 33.7 Å². The van der Waals surface area contributed by atoms with Gasteiger partial charge in [-0.25, -0.2) is 12.7 Å². The molecule has 3 aromatic rings. The number of nitrogens with zero attached hydrogens (tertiary/aromatic N) is 4. The summed E-state index contributed by atoms with van der Waals surface area (Å²) in [4.78, 5) is 26.9. The number of hydrogen-bond donors (Lipinski definition) is 0. The van der Waals surface area contributed by atoms with Gasteiger partial charge < -0.3 is 4.52 Å². The van der Waals surface area contributed by atoms with Gasteiger partial charge in [0.15, 0.2) is 0 Å². The van der Waals surface area contributed by atoms with E-state index in [-0.39, 0.29) is 35.1 Å². The Labute approximate surface area is 171 Å². The molecule has 4 rings (SSSR count). The van der Waals surface area contributed by atoms with E-state index in [2.05, 4.69) is 10.1 Å². The van der Waals surface area contributed by atoms with E-state index in [1.54, 1.807) is 12.1 Å². The van der Waals surface area contributed by atoms with Crippen LogP contribution in [0.4, 0.5) is 5.69 Å². The van der Waals surface area contributed by atoms with Crippen molar-refractivity contribution in [3.63, 3.8) is 0 Å². The second-order valence-corrected chi connectivity index (χ2v) is 8.64. The molecule has 2 heterocycles. The van der Waals surface area contributed by atoms with Crippen molar-refractivity contribution in [1.29, 1.82) is 0 Å². The summed E-state index contributed by atoms with van der Waals surface area (Å²) in [6.45, 7) is 1.83. The van der Waals surface area contributed by atoms with Crippen LogP contribution >= 0.6 is 0 Å². The lowest BCUT2D eigenvalue weighted by molar-refractivity contribution is -0.384. The van der Waals surface area contributed by atoms with Crippen molar-refractivity contribution in [2.75, 3.05) is 0 Å². The molecule has 0 saturated carbocycles. The van der Waals surface area contributed by atoms with Gasteiger partial charge in [-0.2, -0.15) is 4.98 Å². The van der Waals surface area contributed by atoms with Crippen molar-refractivity contribution in [3.8, 4) is 11.4 Å². The van der Waals surface area contributed by atoms with Crippen molar-refractivity contribution in [2.24, 2.45) is 0 Å². The van der Waals surface area contributed by atoms with Gasteiger partial charge in [0.25, 0.3) is 21.6 Å². The molecule has 154 valence electrons. The minimum Gasteiger partial charge on any atom is -0.337 e. The van der Waals surface area contributed by atoms with Crippen molar-refractivity contribution < 1.29 is 22.7 Å². The number of rotatable bonds is 5. The first-order chi connectivity index (χ1) is 14.3. The Kier molecular flexibility index (Phi) is 4.82. The van der Waals surface area contributed by atoms with E-state index < -0.39 is 26.9 Å². The quantitative estimate of drug-likeness (QED) is 0.447. The average molecular weight is 428 g/mol. The normalized spacial score (nSPS) is 16.8. The van der Waals surface area contributed by atoms with Gasteiger partial charge in [-0.1, -0.05) is 22.9 Å². The third kappa shape index (κ3) is 3.43. The number of carbonyl (C=O) groups excluding carboxylic acids is 1. The van der Waals surface area contributed by atoms with Crippen LogP contribution in [-0.2, 0) is 14.8 Å². The van der Waals surface area contributed by atoms with Crippen LogP contribution in [0.25, 0.3) is 11.4 Å². The number of non-ortho nitro benzene ring substituents is 1. The van der Waals surface area contributed by atoms with E-state index in [0.29, 0.717) is 5.56 Å². The van der Waals surface area contributed by atoms with Crippen LogP contribution in [0.15, 0.2) is 57.9 Å². The highest BCUT2D eigenvalue weighted by atomic mass is 32.2. The number of aromatic nitrogens is 2. The molecule has 1 fully saturated rings. The fourth-order valence-corrected chi connectivity index (χ4v) is 4.83. The molecular formula is C19H16N4O6S. The molecule has 1 aliphatic heterocycles. The summed E-state index contributed by atoms with van der Waals surface area (Å²) in [7, 11) is -4.09. The van der Waals surface area contributed by atoms with Gasteiger partial charge in [-0.15, -0.1) is 0 Å². The maximum absolute atomic E-state index is 13.1. The predicted octanol–water partition coefficient (Wildman–Crippen LogP) is 3.01. The fourth-order valence-electron chi connectivity index (χ4n) is 3.23. The molecule has 30 heavy (non-hydrogen) atoms. The molecule has 1 unspecified atom stereocenters. The molecule has 1 atom stereocenters. The Morgan fingerprint density at radius 1 is 1.13 bits per heavy atom. The molecule has 11 heteroatoms. The summed E-state index contributed by atoms with van der Waals surface area (Å²) >= 11 is 0. The molecule has 0 spiro atoms. The lowest BCUT2D eigenvalue weighted by Gasteiger charge is -2.21. The summed E-state index contributed by atoms with van der Waals surface area (Å²) in [5.74, 6) is -0.410. The van der Waals surface area contributed by atoms with Crippen molar-refractivity contribution >= 4 is 21.6 Å². The van der Waals surface area contributed by atoms with E-state index in [1.165, 1.54) is 36.4 Å². The third-order valence-corrected chi connectivity index (χ3v) is 6.65. The van der Waals surface area contributed by atoms with Crippen molar-refractivity contribution in [1.82, 2.24) is 14.4 Å². The number of sulfonamides is 1. The molecule has 0 radical (unpaired) electrons. The van der Waals surface area contributed by atoms with Crippen LogP contribution in [0.2, 0.25) is 0 Å². The monoisotopic (exact) mass is 428 g/mol. The molecule has 0 bridgehead atoms. The van der Waals surface area contributed by atoms with Gasteiger partial charge in [0.2, 0.25) is 11.7 Å². The largest absolute Gasteiger partial charge is 0.337 e. The minimum atomic E-state index is -4.09. The van der Waals surface area contributed by atoms with Crippen molar-refractivity contribution in [3.05, 3.63) is 70.1 Å². The zero-order valence-electron chi connectivity index (χ0n) is 15.8. The lowest BCUT2D eigenvalue weighted by Crippen LogP contribution is -2.34. The smallest absolute Gasteiger partial charge is 0.269 e. The summed E-state index contributed by atoms with van der Waals surface area (Å²) in [6.07, 6.45) is 0.247. The first-order valence-corrected chi connectivity index (χ1v) is 10.4. The Morgan fingerprint density at radius 3 is 2.43 bits per heavy atom. The maximum Gasteiger partial charge on any atom is 0.269 e. The number of hydrogen-bond acceptors (Lipinski definition) is 8. The Balaban J connectivity index is 1.66.